The Morgan fingerprint density at radius 3 is 2.89 bits per heavy atom. The van der Waals surface area contributed by atoms with Crippen molar-refractivity contribution in [3.05, 3.63) is 18.5 Å². The van der Waals surface area contributed by atoms with Crippen LogP contribution in [0.15, 0.2) is 23.4 Å². The first-order chi connectivity index (χ1) is 8.98. The number of piperidine rings is 1. The Labute approximate surface area is 114 Å². The van der Waals surface area contributed by atoms with E-state index in [0.29, 0.717) is 18.2 Å². The Hall–Kier alpha value is -1.18. The number of anilines is 1. The number of hydrogen-bond donors (Lipinski definition) is 2. The Bertz CT molecular complexity index is 546. The topological polar surface area (TPSA) is 88.3 Å². The van der Waals surface area contributed by atoms with Crippen LogP contribution in [0.2, 0.25) is 0 Å². The highest BCUT2D eigenvalue weighted by molar-refractivity contribution is 7.89. The van der Waals surface area contributed by atoms with E-state index in [1.807, 2.05) is 6.92 Å². The van der Waals surface area contributed by atoms with Crippen molar-refractivity contribution in [2.45, 2.75) is 37.6 Å². The third-order valence-corrected chi connectivity index (χ3v) is 5.86. The van der Waals surface area contributed by atoms with Gasteiger partial charge < -0.3 is 5.43 Å². The fourth-order valence-electron chi connectivity index (χ4n) is 2.47. The van der Waals surface area contributed by atoms with Crippen LogP contribution in [0.25, 0.3) is 0 Å². The number of nitrogens with one attached hydrogen (secondary N) is 1. The van der Waals surface area contributed by atoms with Crippen molar-refractivity contribution in [1.29, 1.82) is 0 Å². The van der Waals surface area contributed by atoms with Gasteiger partial charge in [0, 0.05) is 25.0 Å². The van der Waals surface area contributed by atoms with Crippen LogP contribution >= 0.6 is 0 Å². The third kappa shape index (κ3) is 2.58. The summed E-state index contributed by atoms with van der Waals surface area (Å²) in [6.45, 7) is 4.58. The second-order valence-electron chi connectivity index (χ2n) is 4.99. The summed E-state index contributed by atoms with van der Waals surface area (Å²) in [6, 6.07) is 1.55. The van der Waals surface area contributed by atoms with Gasteiger partial charge in [-0.3, -0.25) is 10.8 Å². The summed E-state index contributed by atoms with van der Waals surface area (Å²) in [5.41, 5.74) is 2.80. The average molecular weight is 284 g/mol. The number of aromatic nitrogens is 1. The number of nitrogens with zero attached hydrogens (tertiary/aromatic N) is 2. The molecule has 1 saturated heterocycles. The second kappa shape index (κ2) is 5.44. The van der Waals surface area contributed by atoms with Crippen molar-refractivity contribution in [3.8, 4) is 0 Å². The molecule has 0 radical (unpaired) electrons. The SMILES string of the molecule is CC1CCCN(S(=O)(=O)c2cnccc2NN)C1C. The van der Waals surface area contributed by atoms with E-state index in [1.165, 1.54) is 12.4 Å². The zero-order chi connectivity index (χ0) is 14.0. The summed E-state index contributed by atoms with van der Waals surface area (Å²) in [4.78, 5) is 4.03. The minimum Gasteiger partial charge on any atom is -0.323 e. The highest BCUT2D eigenvalue weighted by atomic mass is 32.2. The van der Waals surface area contributed by atoms with Gasteiger partial charge >= 0.3 is 0 Å². The fraction of sp³-hybridized carbons (Fsp3) is 0.583. The van der Waals surface area contributed by atoms with E-state index in [4.69, 9.17) is 5.84 Å². The maximum absolute atomic E-state index is 12.7. The Morgan fingerprint density at radius 2 is 2.21 bits per heavy atom. The molecule has 0 saturated carbocycles. The maximum Gasteiger partial charge on any atom is 0.246 e. The van der Waals surface area contributed by atoms with Crippen LogP contribution in [0.4, 0.5) is 5.69 Å². The standard InChI is InChI=1S/C12H20N4O2S/c1-9-4-3-7-16(10(9)2)19(17,18)12-8-14-6-5-11(12)15-13/h5-6,8-10H,3-4,7,13H2,1-2H3,(H,14,15). The summed E-state index contributed by atoms with van der Waals surface area (Å²) in [6.07, 6.45) is 4.80. The summed E-state index contributed by atoms with van der Waals surface area (Å²) in [5, 5.41) is 0. The van der Waals surface area contributed by atoms with E-state index >= 15 is 0 Å². The zero-order valence-corrected chi connectivity index (χ0v) is 12.0. The zero-order valence-electron chi connectivity index (χ0n) is 11.2. The van der Waals surface area contributed by atoms with Crippen molar-refractivity contribution in [2.24, 2.45) is 11.8 Å². The quantitative estimate of drug-likeness (QED) is 0.642. The van der Waals surface area contributed by atoms with Crippen LogP contribution in [0.5, 0.6) is 0 Å². The Morgan fingerprint density at radius 1 is 1.47 bits per heavy atom. The first-order valence-electron chi connectivity index (χ1n) is 6.41. The maximum atomic E-state index is 12.7. The summed E-state index contributed by atoms with van der Waals surface area (Å²) in [5.74, 6) is 5.73. The highest BCUT2D eigenvalue weighted by Gasteiger charge is 2.35. The van der Waals surface area contributed by atoms with Crippen molar-refractivity contribution < 1.29 is 8.42 Å². The second-order valence-corrected chi connectivity index (χ2v) is 6.85. The molecule has 6 nitrogen and oxygen atoms in total. The number of pyridine rings is 1. The minimum atomic E-state index is -3.56. The number of hydrazine groups is 1. The van der Waals surface area contributed by atoms with Gasteiger partial charge in [0.1, 0.15) is 4.90 Å². The fourth-order valence-corrected chi connectivity index (χ4v) is 4.33. The van der Waals surface area contributed by atoms with Crippen LogP contribution in [-0.2, 0) is 10.0 Å². The monoisotopic (exact) mass is 284 g/mol. The van der Waals surface area contributed by atoms with Crippen molar-refractivity contribution >= 4 is 15.7 Å². The van der Waals surface area contributed by atoms with Gasteiger partial charge in [0.05, 0.1) is 5.69 Å². The number of nitrogen functional groups attached to an aromatic ring is 1. The van der Waals surface area contributed by atoms with Gasteiger partial charge in [-0.2, -0.15) is 4.31 Å². The van der Waals surface area contributed by atoms with E-state index in [9.17, 15) is 8.42 Å². The van der Waals surface area contributed by atoms with Crippen LogP contribution < -0.4 is 11.3 Å². The molecule has 2 unspecified atom stereocenters. The number of nitrogens with two attached hydrogens (primary N) is 1. The molecule has 1 fully saturated rings. The van der Waals surface area contributed by atoms with Crippen molar-refractivity contribution in [1.82, 2.24) is 9.29 Å². The molecule has 1 aromatic rings. The van der Waals surface area contributed by atoms with Gasteiger partial charge in [0.15, 0.2) is 0 Å². The molecule has 7 heteroatoms. The normalized spacial score (nSPS) is 25.2. The van der Waals surface area contributed by atoms with Crippen LogP contribution in [0.3, 0.4) is 0 Å². The molecule has 0 aromatic carbocycles. The van der Waals surface area contributed by atoms with Crippen molar-refractivity contribution in [3.63, 3.8) is 0 Å². The van der Waals surface area contributed by atoms with E-state index in [-0.39, 0.29) is 10.9 Å². The van der Waals surface area contributed by atoms with Crippen LogP contribution in [0, 0.1) is 5.92 Å². The largest absolute Gasteiger partial charge is 0.323 e. The van der Waals surface area contributed by atoms with Gasteiger partial charge in [-0.15, -0.1) is 0 Å². The van der Waals surface area contributed by atoms with E-state index < -0.39 is 10.0 Å². The molecule has 0 aliphatic carbocycles. The van der Waals surface area contributed by atoms with Crippen molar-refractivity contribution in [2.75, 3.05) is 12.0 Å². The average Bonchev–Trinajstić information content (AvgIpc) is 2.41. The lowest BCUT2D eigenvalue weighted by atomic mass is 9.94. The summed E-state index contributed by atoms with van der Waals surface area (Å²) < 4.78 is 27.0. The lowest BCUT2D eigenvalue weighted by molar-refractivity contribution is 0.202. The Balaban J connectivity index is 2.42. The molecule has 106 valence electrons. The first kappa shape index (κ1) is 14.2. The molecule has 1 aromatic heterocycles. The highest BCUT2D eigenvalue weighted by Crippen LogP contribution is 2.30. The molecular formula is C12H20N4O2S. The van der Waals surface area contributed by atoms with E-state index in [2.05, 4.69) is 17.3 Å². The molecule has 1 aliphatic heterocycles. The van der Waals surface area contributed by atoms with Gasteiger partial charge in [-0.05, 0) is 31.7 Å². The molecule has 2 atom stereocenters. The molecule has 2 heterocycles. The Kier molecular flexibility index (Phi) is 4.07. The molecule has 0 spiro atoms. The van der Waals surface area contributed by atoms with Gasteiger partial charge in [0.2, 0.25) is 10.0 Å². The lowest BCUT2D eigenvalue weighted by Crippen LogP contribution is -2.46. The predicted octanol–water partition coefficient (Wildman–Crippen LogP) is 1.18. The smallest absolute Gasteiger partial charge is 0.246 e. The lowest BCUT2D eigenvalue weighted by Gasteiger charge is -2.36. The predicted molar refractivity (Wildman–Crippen MR) is 73.8 cm³/mol. The third-order valence-electron chi connectivity index (χ3n) is 3.84. The summed E-state index contributed by atoms with van der Waals surface area (Å²) in [7, 11) is -3.56. The molecule has 0 bridgehead atoms. The molecule has 3 N–H and O–H groups in total. The molecule has 2 rings (SSSR count). The molecule has 0 amide bonds. The van der Waals surface area contributed by atoms with E-state index in [0.717, 1.165) is 12.8 Å². The number of sulfonamides is 1. The number of hydrogen-bond acceptors (Lipinski definition) is 5. The summed E-state index contributed by atoms with van der Waals surface area (Å²) >= 11 is 0. The van der Waals surface area contributed by atoms with Gasteiger partial charge in [0.25, 0.3) is 0 Å². The molecule has 1 aliphatic rings. The van der Waals surface area contributed by atoms with Crippen LogP contribution in [0.1, 0.15) is 26.7 Å². The van der Waals surface area contributed by atoms with E-state index in [1.54, 1.807) is 10.4 Å². The molecular weight excluding hydrogens is 264 g/mol. The number of rotatable bonds is 3. The minimum absolute atomic E-state index is 0.00965. The van der Waals surface area contributed by atoms with Gasteiger partial charge in [-0.25, -0.2) is 8.42 Å². The van der Waals surface area contributed by atoms with Crippen LogP contribution in [-0.4, -0.2) is 30.3 Å². The molecule has 19 heavy (non-hydrogen) atoms. The first-order valence-corrected chi connectivity index (χ1v) is 7.85. The van der Waals surface area contributed by atoms with Gasteiger partial charge in [-0.1, -0.05) is 6.92 Å².